The molecule has 0 aromatic heterocycles. The van der Waals surface area contributed by atoms with Crippen LogP contribution in [0, 0.1) is 5.92 Å². The number of benzene rings is 2. The Kier molecular flexibility index (Phi) is 5.04. The minimum absolute atomic E-state index is 0.0331. The number of aromatic hydroxyl groups is 1. The molecule has 0 heterocycles. The Morgan fingerprint density at radius 1 is 1.00 bits per heavy atom. The van der Waals surface area contributed by atoms with Gasteiger partial charge in [0, 0.05) is 12.0 Å². The van der Waals surface area contributed by atoms with Crippen LogP contribution in [-0.2, 0) is 0 Å². The first-order valence-corrected chi connectivity index (χ1v) is 7.39. The number of nitrogens with one attached hydrogen (secondary N) is 1. The Labute approximate surface area is 131 Å². The number of hydrogen-bond acceptors (Lipinski definition) is 2. The number of hydrogen-bond donors (Lipinski definition) is 3. The maximum atomic E-state index is 11.4. The Balaban J connectivity index is 2.48. The monoisotopic (exact) mass is 298 g/mol. The molecule has 2 aromatic rings. The standard InChI is InChI=1S/C18H22N2O2/c1-12(2)17(20-18(19)22)16(13-6-4-3-5-7-13)14-8-10-15(21)11-9-14/h3-12,16-17,21H,1-2H3,(H3,19,20,22)/t16-,17-/m0/s1. The van der Waals surface area contributed by atoms with Crippen LogP contribution in [0.5, 0.6) is 5.75 Å². The predicted octanol–water partition coefficient (Wildman–Crippen LogP) is 3.22. The highest BCUT2D eigenvalue weighted by Gasteiger charge is 2.28. The lowest BCUT2D eigenvalue weighted by atomic mass is 9.80. The van der Waals surface area contributed by atoms with Crippen LogP contribution in [0.3, 0.4) is 0 Å². The average Bonchev–Trinajstić information content (AvgIpc) is 2.49. The number of primary amides is 1. The molecule has 0 radical (unpaired) electrons. The van der Waals surface area contributed by atoms with Crippen LogP contribution < -0.4 is 11.1 Å². The summed E-state index contributed by atoms with van der Waals surface area (Å²) >= 11 is 0. The number of nitrogens with two attached hydrogens (primary N) is 1. The van der Waals surface area contributed by atoms with E-state index in [1.54, 1.807) is 12.1 Å². The SMILES string of the molecule is CC(C)[C@H](NC(N)=O)[C@@H](c1ccccc1)c1ccc(O)cc1. The molecule has 0 unspecified atom stereocenters. The van der Waals surface area contributed by atoms with Gasteiger partial charge in [-0.2, -0.15) is 0 Å². The van der Waals surface area contributed by atoms with Crippen LogP contribution in [0.2, 0.25) is 0 Å². The molecule has 2 rings (SSSR count). The molecular formula is C18H22N2O2. The van der Waals surface area contributed by atoms with Gasteiger partial charge < -0.3 is 16.2 Å². The number of carbonyl (C=O) groups is 1. The Morgan fingerprint density at radius 3 is 2.05 bits per heavy atom. The van der Waals surface area contributed by atoms with Gasteiger partial charge in [-0.25, -0.2) is 4.79 Å². The summed E-state index contributed by atoms with van der Waals surface area (Å²) in [6.07, 6.45) is 0. The van der Waals surface area contributed by atoms with Gasteiger partial charge in [0.1, 0.15) is 5.75 Å². The average molecular weight is 298 g/mol. The highest BCUT2D eigenvalue weighted by atomic mass is 16.3. The van der Waals surface area contributed by atoms with Gasteiger partial charge in [0.2, 0.25) is 0 Å². The van der Waals surface area contributed by atoms with Gasteiger partial charge in [0.25, 0.3) is 0 Å². The lowest BCUT2D eigenvalue weighted by Gasteiger charge is -2.31. The van der Waals surface area contributed by atoms with Gasteiger partial charge in [-0.3, -0.25) is 0 Å². The van der Waals surface area contributed by atoms with E-state index in [9.17, 15) is 9.90 Å². The van der Waals surface area contributed by atoms with Crippen molar-refractivity contribution in [1.82, 2.24) is 5.32 Å². The summed E-state index contributed by atoms with van der Waals surface area (Å²) in [6.45, 7) is 4.11. The number of phenolic OH excluding ortho intramolecular Hbond substituents is 1. The van der Waals surface area contributed by atoms with Crippen LogP contribution >= 0.6 is 0 Å². The first-order valence-electron chi connectivity index (χ1n) is 7.39. The molecule has 4 N–H and O–H groups in total. The smallest absolute Gasteiger partial charge is 0.312 e. The second kappa shape index (κ2) is 6.98. The molecule has 22 heavy (non-hydrogen) atoms. The van der Waals surface area contributed by atoms with Gasteiger partial charge in [-0.15, -0.1) is 0 Å². The lowest BCUT2D eigenvalue weighted by molar-refractivity contribution is 0.239. The highest BCUT2D eigenvalue weighted by molar-refractivity contribution is 5.72. The molecule has 0 aliphatic carbocycles. The van der Waals surface area contributed by atoms with Crippen molar-refractivity contribution in [1.29, 1.82) is 0 Å². The van der Waals surface area contributed by atoms with E-state index in [0.717, 1.165) is 11.1 Å². The zero-order valence-corrected chi connectivity index (χ0v) is 12.9. The molecule has 0 saturated carbocycles. The molecule has 2 aromatic carbocycles. The molecular weight excluding hydrogens is 276 g/mol. The van der Waals surface area contributed by atoms with Crippen molar-refractivity contribution in [3.63, 3.8) is 0 Å². The summed E-state index contributed by atoms with van der Waals surface area (Å²) in [5.41, 5.74) is 7.48. The van der Waals surface area contributed by atoms with E-state index in [2.05, 4.69) is 19.2 Å². The number of rotatable bonds is 5. The fourth-order valence-corrected chi connectivity index (χ4v) is 2.75. The van der Waals surface area contributed by atoms with Crippen LogP contribution in [0.15, 0.2) is 54.6 Å². The first-order chi connectivity index (χ1) is 10.5. The van der Waals surface area contributed by atoms with Crippen molar-refractivity contribution >= 4 is 6.03 Å². The molecule has 0 bridgehead atoms. The fourth-order valence-electron chi connectivity index (χ4n) is 2.75. The molecule has 0 saturated heterocycles. The summed E-state index contributed by atoms with van der Waals surface area (Å²) in [4.78, 5) is 11.4. The minimum Gasteiger partial charge on any atom is -0.508 e. The van der Waals surface area contributed by atoms with Crippen molar-refractivity contribution in [2.75, 3.05) is 0 Å². The molecule has 4 nitrogen and oxygen atoms in total. The lowest BCUT2D eigenvalue weighted by Crippen LogP contribution is -2.45. The van der Waals surface area contributed by atoms with Crippen LogP contribution in [0.1, 0.15) is 30.9 Å². The topological polar surface area (TPSA) is 75.3 Å². The van der Waals surface area contributed by atoms with E-state index < -0.39 is 6.03 Å². The number of carbonyl (C=O) groups excluding carboxylic acids is 1. The van der Waals surface area contributed by atoms with Gasteiger partial charge in [-0.1, -0.05) is 56.3 Å². The zero-order chi connectivity index (χ0) is 16.1. The second-order valence-electron chi connectivity index (χ2n) is 5.76. The molecule has 0 aliphatic heterocycles. The third kappa shape index (κ3) is 3.79. The summed E-state index contributed by atoms with van der Waals surface area (Å²) in [6, 6.07) is 16.4. The molecule has 0 spiro atoms. The van der Waals surface area contributed by atoms with Crippen LogP contribution in [0.25, 0.3) is 0 Å². The van der Waals surface area contributed by atoms with Crippen molar-refractivity contribution in [3.8, 4) is 5.75 Å². The first kappa shape index (κ1) is 15.9. The predicted molar refractivity (Wildman–Crippen MR) is 87.7 cm³/mol. The van der Waals surface area contributed by atoms with E-state index >= 15 is 0 Å². The number of urea groups is 1. The highest BCUT2D eigenvalue weighted by Crippen LogP contribution is 2.32. The maximum absolute atomic E-state index is 11.4. The van der Waals surface area contributed by atoms with Gasteiger partial charge in [0.05, 0.1) is 0 Å². The van der Waals surface area contributed by atoms with E-state index in [1.165, 1.54) is 0 Å². The second-order valence-corrected chi connectivity index (χ2v) is 5.76. The van der Waals surface area contributed by atoms with Crippen molar-refractivity contribution in [2.45, 2.75) is 25.8 Å². The zero-order valence-electron chi connectivity index (χ0n) is 12.9. The van der Waals surface area contributed by atoms with Gasteiger partial charge >= 0.3 is 6.03 Å². The van der Waals surface area contributed by atoms with E-state index in [0.29, 0.717) is 0 Å². The summed E-state index contributed by atoms with van der Waals surface area (Å²) < 4.78 is 0. The maximum Gasteiger partial charge on any atom is 0.312 e. The third-order valence-electron chi connectivity index (χ3n) is 3.80. The molecule has 116 valence electrons. The van der Waals surface area contributed by atoms with Crippen molar-refractivity contribution in [2.24, 2.45) is 11.7 Å². The Morgan fingerprint density at radius 2 is 1.55 bits per heavy atom. The number of phenols is 1. The largest absolute Gasteiger partial charge is 0.508 e. The Bertz CT molecular complexity index is 609. The van der Waals surface area contributed by atoms with E-state index in [4.69, 9.17) is 5.73 Å². The fraction of sp³-hybridized carbons (Fsp3) is 0.278. The van der Waals surface area contributed by atoms with E-state index in [-0.39, 0.29) is 23.6 Å². The third-order valence-corrected chi connectivity index (χ3v) is 3.80. The van der Waals surface area contributed by atoms with Crippen LogP contribution in [0.4, 0.5) is 4.79 Å². The number of amides is 2. The van der Waals surface area contributed by atoms with E-state index in [1.807, 2.05) is 42.5 Å². The quantitative estimate of drug-likeness (QED) is 0.792. The van der Waals surface area contributed by atoms with Crippen molar-refractivity contribution in [3.05, 3.63) is 65.7 Å². The molecule has 0 fully saturated rings. The van der Waals surface area contributed by atoms with Gasteiger partial charge in [0.15, 0.2) is 0 Å². The molecule has 2 atom stereocenters. The Hall–Kier alpha value is -2.49. The summed E-state index contributed by atoms with van der Waals surface area (Å²) in [5, 5.41) is 12.4. The van der Waals surface area contributed by atoms with Crippen LogP contribution in [-0.4, -0.2) is 17.2 Å². The normalized spacial score (nSPS) is 13.6. The van der Waals surface area contributed by atoms with Crippen molar-refractivity contribution < 1.29 is 9.90 Å². The minimum atomic E-state index is -0.529. The molecule has 0 aliphatic rings. The molecule has 4 heteroatoms. The van der Waals surface area contributed by atoms with Gasteiger partial charge in [-0.05, 0) is 29.2 Å². The molecule has 2 amide bonds. The summed E-state index contributed by atoms with van der Waals surface area (Å²) in [5.74, 6) is 0.389. The summed E-state index contributed by atoms with van der Waals surface area (Å²) in [7, 11) is 0.